The molecule has 0 heterocycles. The number of imide groups is 1. The second kappa shape index (κ2) is 25.6. The second-order valence-corrected chi connectivity index (χ2v) is 26.5. The number of hydrogen-bond donors (Lipinski definition) is 5. The standard InChI is InChI=1S/C65H93N5O9/c1-41(2)55(69-57(74)51(66)24-18-14-15-21-47(71)40-78-48-22-16-12-11-13-17-23-48)52(72)37-42(3)56(73)67-45-29-25-43-27-31-53-62(7,49(43)38-45)33-19-35-64(53,9)58(75)70-59(76)65(10)36-20-34-63(8)50-39-46(68-60(77)79-61(4,5)6)30-26-44(50)28-32-54(63)65/h25-26,29-30,38-39,41-42,48,51,53-55H,11-16,18-22,24,27-28,31-37,40,66H2,1-10H3,(H,67,73)(H,68,77)(H,69,74)(H,70,75,76)/t42-,48?,51-,53-,54-,55+,62-,63-,64+,65+/m1/s1. The molecule has 1 unspecified atom stereocenters. The molecule has 79 heavy (non-hydrogen) atoms. The molecular weight excluding hydrogens is 995 g/mol. The number of ether oxygens (including phenoxy) is 2. The highest BCUT2D eigenvalue weighted by Crippen LogP contribution is 2.60. The quantitative estimate of drug-likeness (QED) is 0.0481. The van der Waals surface area contributed by atoms with E-state index in [4.69, 9.17) is 15.2 Å². The van der Waals surface area contributed by atoms with E-state index in [-0.39, 0.29) is 71.6 Å². The third-order valence-electron chi connectivity index (χ3n) is 18.9. The van der Waals surface area contributed by atoms with Crippen LogP contribution >= 0.6 is 0 Å². The minimum atomic E-state index is -0.822. The molecule has 0 aromatic heterocycles. The molecule has 2 fully saturated rings. The number of nitrogens with two attached hydrogens (primary N) is 1. The van der Waals surface area contributed by atoms with Gasteiger partial charge < -0.3 is 25.8 Å². The van der Waals surface area contributed by atoms with Crippen molar-refractivity contribution in [2.75, 3.05) is 17.2 Å². The van der Waals surface area contributed by atoms with Crippen LogP contribution in [0.3, 0.4) is 0 Å². The van der Waals surface area contributed by atoms with E-state index in [2.05, 4.69) is 65.2 Å². The van der Waals surface area contributed by atoms with Crippen molar-refractivity contribution in [1.29, 1.82) is 0 Å². The molecule has 5 aliphatic rings. The molecule has 10 atom stereocenters. The van der Waals surface area contributed by atoms with Gasteiger partial charge in [0.05, 0.1) is 22.9 Å². The Bertz CT molecular complexity index is 2670. The largest absolute Gasteiger partial charge is 0.444 e. The van der Waals surface area contributed by atoms with Gasteiger partial charge in [-0.1, -0.05) is 98.6 Å². The average Bonchev–Trinajstić information content (AvgIpc) is 3.55. The Labute approximate surface area is 471 Å². The molecule has 432 valence electrons. The summed E-state index contributed by atoms with van der Waals surface area (Å²) in [6.45, 7) is 19.6. The minimum absolute atomic E-state index is 0.0205. The van der Waals surface area contributed by atoms with Crippen molar-refractivity contribution in [3.8, 4) is 11.8 Å². The van der Waals surface area contributed by atoms with Crippen molar-refractivity contribution in [2.45, 2.75) is 239 Å². The zero-order valence-electron chi connectivity index (χ0n) is 49.3. The normalized spacial score (nSPS) is 27.5. The number of benzene rings is 2. The van der Waals surface area contributed by atoms with Crippen molar-refractivity contribution in [3.05, 3.63) is 58.7 Å². The Kier molecular flexibility index (Phi) is 19.8. The molecule has 2 saturated carbocycles. The summed E-state index contributed by atoms with van der Waals surface area (Å²) in [6.07, 6.45) is 15.0. The van der Waals surface area contributed by atoms with Gasteiger partial charge in [-0.3, -0.25) is 39.4 Å². The van der Waals surface area contributed by atoms with Gasteiger partial charge in [0.1, 0.15) is 18.3 Å². The predicted octanol–water partition coefficient (Wildman–Crippen LogP) is 11.3. The second-order valence-electron chi connectivity index (χ2n) is 26.5. The van der Waals surface area contributed by atoms with Crippen LogP contribution in [-0.2, 0) is 61.9 Å². The van der Waals surface area contributed by atoms with E-state index in [0.717, 1.165) is 101 Å². The number of fused-ring (bicyclic) bond motifs is 6. The number of amides is 5. The van der Waals surface area contributed by atoms with Gasteiger partial charge in [-0.15, -0.1) is 5.92 Å². The molecule has 7 rings (SSSR count). The van der Waals surface area contributed by atoms with Crippen molar-refractivity contribution in [3.63, 3.8) is 0 Å². The minimum Gasteiger partial charge on any atom is -0.444 e. The van der Waals surface area contributed by atoms with Gasteiger partial charge in [0, 0.05) is 36.6 Å². The van der Waals surface area contributed by atoms with Gasteiger partial charge in [0.2, 0.25) is 23.6 Å². The Morgan fingerprint density at radius 1 is 0.709 bits per heavy atom. The molecule has 0 radical (unpaired) electrons. The fraction of sp³-hybridized carbons (Fsp3) is 0.677. The van der Waals surface area contributed by atoms with Crippen molar-refractivity contribution >= 4 is 52.7 Å². The first-order chi connectivity index (χ1) is 37.3. The van der Waals surface area contributed by atoms with Gasteiger partial charge in [-0.2, -0.15) is 0 Å². The van der Waals surface area contributed by atoms with Crippen LogP contribution in [-0.4, -0.2) is 71.7 Å². The molecule has 0 saturated heterocycles. The van der Waals surface area contributed by atoms with Gasteiger partial charge >= 0.3 is 6.09 Å². The van der Waals surface area contributed by atoms with E-state index in [0.29, 0.717) is 49.9 Å². The zero-order valence-corrected chi connectivity index (χ0v) is 49.3. The van der Waals surface area contributed by atoms with Crippen LogP contribution in [0, 0.1) is 46.3 Å². The molecule has 14 nitrogen and oxygen atoms in total. The topological polar surface area (TPSA) is 212 Å². The van der Waals surface area contributed by atoms with E-state index in [9.17, 15) is 33.6 Å². The zero-order chi connectivity index (χ0) is 57.5. The van der Waals surface area contributed by atoms with Gasteiger partial charge in [0.15, 0.2) is 11.6 Å². The number of rotatable bonds is 20. The number of anilines is 2. The SMILES string of the molecule is CC(C)[C@H](NC(=O)[C@H](N)CCCCCC(=O)COC1C#CCCCCC1)C(=O)C[C@@H](C)C(=O)Nc1ccc2c(c1)[C@@]1(C)CCC[C@](C)(C(=O)NC(=O)[C@@]3(C)CCC[C@]4(C)c5cc(NC(=O)OC(C)(C)C)ccc5CC[C@@H]34)[C@@H]1CC2. The number of unbranched alkanes of at least 4 members (excludes halogenated alkanes) is 2. The fourth-order valence-corrected chi connectivity index (χ4v) is 14.5. The van der Waals surface area contributed by atoms with Crippen LogP contribution in [0.25, 0.3) is 0 Å². The maximum atomic E-state index is 14.9. The van der Waals surface area contributed by atoms with E-state index < -0.39 is 51.8 Å². The highest BCUT2D eigenvalue weighted by molar-refractivity contribution is 6.01. The van der Waals surface area contributed by atoms with Crippen molar-refractivity contribution in [1.82, 2.24) is 10.6 Å². The average molecular weight is 1090 g/mol. The summed E-state index contributed by atoms with van der Waals surface area (Å²) in [6, 6.07) is 10.4. The summed E-state index contributed by atoms with van der Waals surface area (Å²) >= 11 is 0. The lowest BCUT2D eigenvalue weighted by Crippen LogP contribution is -2.60. The number of carbonyl (C=O) groups excluding carboxylic acids is 7. The molecule has 0 aliphatic heterocycles. The van der Waals surface area contributed by atoms with Crippen LogP contribution < -0.4 is 27.0 Å². The molecular formula is C65H93N5O9. The number of carbonyl (C=O) groups is 7. The molecule has 14 heteroatoms. The predicted molar refractivity (Wildman–Crippen MR) is 309 cm³/mol. The number of nitrogens with one attached hydrogen (secondary N) is 4. The highest BCUT2D eigenvalue weighted by Gasteiger charge is 2.58. The summed E-state index contributed by atoms with van der Waals surface area (Å²) in [7, 11) is 0. The third-order valence-corrected chi connectivity index (χ3v) is 18.9. The Balaban J connectivity index is 0.922. The fourth-order valence-electron chi connectivity index (χ4n) is 14.5. The molecule has 2 aromatic carbocycles. The van der Waals surface area contributed by atoms with Crippen LogP contribution in [0.2, 0.25) is 0 Å². The van der Waals surface area contributed by atoms with E-state index >= 15 is 0 Å². The Hall–Kier alpha value is -5.39. The molecule has 5 aliphatic carbocycles. The first kappa shape index (κ1) is 61.2. The molecule has 6 N–H and O–H groups in total. The first-order valence-electron chi connectivity index (χ1n) is 29.9. The van der Waals surface area contributed by atoms with Crippen LogP contribution in [0.15, 0.2) is 36.4 Å². The van der Waals surface area contributed by atoms with Crippen LogP contribution in [0.4, 0.5) is 16.2 Å². The number of ketones is 2. The van der Waals surface area contributed by atoms with Gasteiger partial charge in [-0.05, 0) is 179 Å². The van der Waals surface area contributed by atoms with Crippen molar-refractivity contribution < 1.29 is 43.0 Å². The number of aryl methyl sites for hydroxylation is 2. The Morgan fingerprint density at radius 2 is 1.29 bits per heavy atom. The lowest BCUT2D eigenvalue weighted by atomic mass is 9.49. The van der Waals surface area contributed by atoms with Crippen molar-refractivity contribution in [2.24, 2.45) is 40.2 Å². The third kappa shape index (κ3) is 14.4. The van der Waals surface area contributed by atoms with E-state index in [1.54, 1.807) is 6.92 Å². The van der Waals surface area contributed by atoms with Crippen LogP contribution in [0.5, 0.6) is 0 Å². The smallest absolute Gasteiger partial charge is 0.412 e. The lowest BCUT2D eigenvalue weighted by Gasteiger charge is -2.56. The summed E-state index contributed by atoms with van der Waals surface area (Å²) in [4.78, 5) is 95.9. The van der Waals surface area contributed by atoms with Gasteiger partial charge in [0.25, 0.3) is 0 Å². The molecule has 0 spiro atoms. The highest BCUT2D eigenvalue weighted by atomic mass is 16.6. The summed E-state index contributed by atoms with van der Waals surface area (Å²) < 4.78 is 11.3. The number of Topliss-reactive ketones (excluding diaryl/α,β-unsaturated/α-hetero) is 2. The molecule has 2 aromatic rings. The lowest BCUT2D eigenvalue weighted by molar-refractivity contribution is -0.150. The van der Waals surface area contributed by atoms with Crippen LogP contribution in [0.1, 0.15) is 213 Å². The van der Waals surface area contributed by atoms with E-state index in [1.165, 1.54) is 11.1 Å². The monoisotopic (exact) mass is 1090 g/mol. The number of hydrogen-bond acceptors (Lipinski definition) is 10. The summed E-state index contributed by atoms with van der Waals surface area (Å²) in [5, 5.41) is 11.9. The molecule has 0 bridgehead atoms. The maximum absolute atomic E-state index is 14.9. The first-order valence-corrected chi connectivity index (χ1v) is 29.9. The summed E-state index contributed by atoms with van der Waals surface area (Å²) in [5.74, 6) is 3.90. The van der Waals surface area contributed by atoms with E-state index in [1.807, 2.05) is 66.7 Å². The van der Waals surface area contributed by atoms with Gasteiger partial charge in [-0.25, -0.2) is 4.79 Å². The maximum Gasteiger partial charge on any atom is 0.412 e. The summed E-state index contributed by atoms with van der Waals surface area (Å²) in [5.41, 5.74) is 9.21. The Morgan fingerprint density at radius 3 is 1.86 bits per heavy atom. The molecule has 5 amide bonds.